The van der Waals surface area contributed by atoms with E-state index in [9.17, 15) is 14.7 Å². The zero-order chi connectivity index (χ0) is 14.4. The number of benzene rings is 1. The van der Waals surface area contributed by atoms with Crippen LogP contribution in [0.3, 0.4) is 0 Å². The van der Waals surface area contributed by atoms with Gasteiger partial charge in [-0.05, 0) is 25.5 Å². The molecule has 1 rings (SSSR count). The van der Waals surface area contributed by atoms with Crippen LogP contribution in [0.5, 0.6) is 11.5 Å². The Bertz CT molecular complexity index is 472. The molecule has 1 amide bonds. The van der Waals surface area contributed by atoms with E-state index in [1.807, 2.05) is 13.8 Å². The minimum absolute atomic E-state index is 0.00766. The molecule has 6 nitrogen and oxygen atoms in total. The van der Waals surface area contributed by atoms with Crippen molar-refractivity contribution in [2.45, 2.75) is 26.3 Å². The van der Waals surface area contributed by atoms with Crippen LogP contribution < -0.4 is 5.32 Å². The Morgan fingerprint density at radius 1 is 1.37 bits per heavy atom. The van der Waals surface area contributed by atoms with E-state index in [-0.39, 0.29) is 17.4 Å². The van der Waals surface area contributed by atoms with E-state index in [2.05, 4.69) is 5.32 Å². The summed E-state index contributed by atoms with van der Waals surface area (Å²) in [6.07, 6.45) is 0.776. The Morgan fingerprint density at radius 2 is 2.05 bits per heavy atom. The topological polar surface area (TPSA) is 95.9 Å². The summed E-state index contributed by atoms with van der Waals surface area (Å²) in [5, 5.41) is 21.2. The van der Waals surface area contributed by atoms with E-state index < -0.39 is 24.2 Å². The van der Waals surface area contributed by atoms with E-state index in [0.29, 0.717) is 0 Å². The summed E-state index contributed by atoms with van der Waals surface area (Å²) in [6.45, 7) is 3.35. The molecule has 0 spiro atoms. The standard InChI is InChI=1S/C13H17NO5/c1-3-8(2)14-12(17)7-19-13(18)10-5-4-9(15)6-11(10)16/h4-6,8,15-16H,3,7H2,1-2H3,(H,14,17)/t8-/m1/s1. The highest BCUT2D eigenvalue weighted by molar-refractivity contribution is 5.94. The van der Waals surface area contributed by atoms with Crippen molar-refractivity contribution in [3.63, 3.8) is 0 Å². The van der Waals surface area contributed by atoms with Crippen LogP contribution in [0, 0.1) is 0 Å². The highest BCUT2D eigenvalue weighted by atomic mass is 16.5. The van der Waals surface area contributed by atoms with E-state index in [1.54, 1.807) is 0 Å². The second-order valence-electron chi connectivity index (χ2n) is 4.15. The number of hydrogen-bond acceptors (Lipinski definition) is 5. The summed E-state index contributed by atoms with van der Waals surface area (Å²) >= 11 is 0. The van der Waals surface area contributed by atoms with Crippen LogP contribution in [-0.4, -0.2) is 34.7 Å². The first kappa shape index (κ1) is 14.8. The average molecular weight is 267 g/mol. The first-order chi connectivity index (χ1) is 8.93. The summed E-state index contributed by atoms with van der Waals surface area (Å²) < 4.78 is 4.76. The second kappa shape index (κ2) is 6.63. The van der Waals surface area contributed by atoms with Crippen LogP contribution in [0.4, 0.5) is 0 Å². The molecule has 0 saturated carbocycles. The SMILES string of the molecule is CC[C@@H](C)NC(=O)COC(=O)c1ccc(O)cc1O. The molecule has 1 aromatic carbocycles. The third-order valence-electron chi connectivity index (χ3n) is 2.56. The first-order valence-electron chi connectivity index (χ1n) is 5.92. The van der Waals surface area contributed by atoms with Crippen molar-refractivity contribution < 1.29 is 24.5 Å². The Hall–Kier alpha value is -2.24. The predicted octanol–water partition coefficient (Wildman–Crippen LogP) is 1.17. The Labute approximate surface area is 111 Å². The molecule has 0 aliphatic rings. The summed E-state index contributed by atoms with van der Waals surface area (Å²) in [5.41, 5.74) is -0.103. The van der Waals surface area contributed by atoms with Gasteiger partial charge in [0.1, 0.15) is 17.1 Å². The average Bonchev–Trinajstić information content (AvgIpc) is 2.35. The lowest BCUT2D eigenvalue weighted by Gasteiger charge is -2.11. The number of phenols is 2. The summed E-state index contributed by atoms with van der Waals surface area (Å²) in [7, 11) is 0. The molecule has 0 aliphatic heterocycles. The van der Waals surface area contributed by atoms with Gasteiger partial charge in [-0.3, -0.25) is 4.79 Å². The molecule has 104 valence electrons. The molecule has 1 aromatic rings. The van der Waals surface area contributed by atoms with Gasteiger partial charge in [0, 0.05) is 12.1 Å². The van der Waals surface area contributed by atoms with E-state index >= 15 is 0 Å². The number of carbonyl (C=O) groups excluding carboxylic acids is 2. The van der Waals surface area contributed by atoms with Crippen LogP contribution in [0.1, 0.15) is 30.6 Å². The van der Waals surface area contributed by atoms with Crippen molar-refractivity contribution in [1.82, 2.24) is 5.32 Å². The molecule has 0 aliphatic carbocycles. The van der Waals surface area contributed by atoms with Gasteiger partial charge in [0.2, 0.25) is 0 Å². The van der Waals surface area contributed by atoms with Gasteiger partial charge >= 0.3 is 5.97 Å². The van der Waals surface area contributed by atoms with Crippen molar-refractivity contribution >= 4 is 11.9 Å². The predicted molar refractivity (Wildman–Crippen MR) is 67.9 cm³/mol. The number of hydrogen-bond donors (Lipinski definition) is 3. The maximum absolute atomic E-state index is 11.6. The van der Waals surface area contributed by atoms with Crippen LogP contribution >= 0.6 is 0 Å². The van der Waals surface area contributed by atoms with Crippen LogP contribution in [-0.2, 0) is 9.53 Å². The van der Waals surface area contributed by atoms with Crippen LogP contribution in [0.15, 0.2) is 18.2 Å². The Kier molecular flexibility index (Phi) is 5.17. The molecular formula is C13H17NO5. The molecule has 6 heteroatoms. The van der Waals surface area contributed by atoms with Gasteiger partial charge in [0.25, 0.3) is 5.91 Å². The van der Waals surface area contributed by atoms with Crippen molar-refractivity contribution in [3.05, 3.63) is 23.8 Å². The number of esters is 1. The number of ether oxygens (including phenoxy) is 1. The van der Waals surface area contributed by atoms with Gasteiger partial charge < -0.3 is 20.3 Å². The fourth-order valence-electron chi connectivity index (χ4n) is 1.32. The number of phenolic OH excluding ortho intramolecular Hbond substituents is 2. The molecule has 0 saturated heterocycles. The smallest absolute Gasteiger partial charge is 0.342 e. The van der Waals surface area contributed by atoms with Gasteiger partial charge in [-0.2, -0.15) is 0 Å². The van der Waals surface area contributed by atoms with Gasteiger partial charge in [0.05, 0.1) is 0 Å². The number of rotatable bonds is 5. The zero-order valence-electron chi connectivity index (χ0n) is 10.8. The lowest BCUT2D eigenvalue weighted by molar-refractivity contribution is -0.124. The molecule has 0 radical (unpaired) electrons. The minimum atomic E-state index is -0.822. The minimum Gasteiger partial charge on any atom is -0.508 e. The van der Waals surface area contributed by atoms with Gasteiger partial charge in [-0.1, -0.05) is 6.92 Å². The van der Waals surface area contributed by atoms with Gasteiger partial charge in [0.15, 0.2) is 6.61 Å². The Balaban J connectivity index is 2.54. The maximum atomic E-state index is 11.6. The monoisotopic (exact) mass is 267 g/mol. The highest BCUT2D eigenvalue weighted by Crippen LogP contribution is 2.22. The van der Waals surface area contributed by atoms with Crippen molar-refractivity contribution in [1.29, 1.82) is 0 Å². The van der Waals surface area contributed by atoms with Crippen molar-refractivity contribution in [2.24, 2.45) is 0 Å². The molecule has 0 fully saturated rings. The summed E-state index contributed by atoms with van der Waals surface area (Å²) in [6, 6.07) is 3.50. The largest absolute Gasteiger partial charge is 0.508 e. The molecule has 0 aromatic heterocycles. The molecule has 0 unspecified atom stereocenters. The Morgan fingerprint density at radius 3 is 2.63 bits per heavy atom. The fourth-order valence-corrected chi connectivity index (χ4v) is 1.32. The van der Waals surface area contributed by atoms with Crippen molar-refractivity contribution in [3.8, 4) is 11.5 Å². The normalized spacial score (nSPS) is 11.7. The number of carbonyl (C=O) groups is 2. The van der Waals surface area contributed by atoms with E-state index in [4.69, 9.17) is 9.84 Å². The van der Waals surface area contributed by atoms with Crippen molar-refractivity contribution in [2.75, 3.05) is 6.61 Å². The zero-order valence-corrected chi connectivity index (χ0v) is 10.8. The fraction of sp³-hybridized carbons (Fsp3) is 0.385. The third-order valence-corrected chi connectivity index (χ3v) is 2.56. The highest BCUT2D eigenvalue weighted by Gasteiger charge is 2.15. The molecule has 0 bridgehead atoms. The number of nitrogens with one attached hydrogen (secondary N) is 1. The second-order valence-corrected chi connectivity index (χ2v) is 4.15. The maximum Gasteiger partial charge on any atom is 0.342 e. The molecule has 1 atom stereocenters. The quantitative estimate of drug-likeness (QED) is 0.696. The molecule has 19 heavy (non-hydrogen) atoms. The van der Waals surface area contributed by atoms with E-state index in [1.165, 1.54) is 12.1 Å². The van der Waals surface area contributed by atoms with Gasteiger partial charge in [-0.15, -0.1) is 0 Å². The lowest BCUT2D eigenvalue weighted by Crippen LogP contribution is -2.35. The number of amides is 1. The summed E-state index contributed by atoms with van der Waals surface area (Å²) in [5.74, 6) is -1.78. The van der Waals surface area contributed by atoms with Crippen LogP contribution in [0.2, 0.25) is 0 Å². The molecule has 3 N–H and O–H groups in total. The van der Waals surface area contributed by atoms with Gasteiger partial charge in [-0.25, -0.2) is 4.79 Å². The molecule has 0 heterocycles. The van der Waals surface area contributed by atoms with Crippen LogP contribution in [0.25, 0.3) is 0 Å². The third kappa shape index (κ3) is 4.50. The summed E-state index contributed by atoms with van der Waals surface area (Å²) in [4.78, 5) is 23.0. The number of aromatic hydroxyl groups is 2. The molecular weight excluding hydrogens is 250 g/mol. The van der Waals surface area contributed by atoms with E-state index in [0.717, 1.165) is 12.5 Å². The first-order valence-corrected chi connectivity index (χ1v) is 5.92. The lowest BCUT2D eigenvalue weighted by atomic mass is 10.2.